The van der Waals surface area contributed by atoms with Gasteiger partial charge in [0.1, 0.15) is 5.75 Å². The summed E-state index contributed by atoms with van der Waals surface area (Å²) < 4.78 is 5.28. The van der Waals surface area contributed by atoms with Gasteiger partial charge in [-0.2, -0.15) is 0 Å². The summed E-state index contributed by atoms with van der Waals surface area (Å²) in [5.74, 6) is 1.54. The number of rotatable bonds is 4. The number of amides is 1. The van der Waals surface area contributed by atoms with Crippen LogP contribution in [-0.4, -0.2) is 41.0 Å². The van der Waals surface area contributed by atoms with E-state index in [-0.39, 0.29) is 18.3 Å². The smallest absolute Gasteiger partial charge is 0.256 e. The van der Waals surface area contributed by atoms with E-state index in [0.717, 1.165) is 53.8 Å². The molecule has 0 saturated carbocycles. The first-order valence-electron chi connectivity index (χ1n) is 9.34. The van der Waals surface area contributed by atoms with Crippen LogP contribution in [-0.2, 0) is 0 Å². The van der Waals surface area contributed by atoms with Crippen LogP contribution in [0.3, 0.4) is 0 Å². The second kappa shape index (κ2) is 8.52. The summed E-state index contributed by atoms with van der Waals surface area (Å²) in [5.41, 5.74) is 3.44. The number of nitrogens with zero attached hydrogens (tertiary/aromatic N) is 2. The van der Waals surface area contributed by atoms with E-state index in [9.17, 15) is 4.79 Å². The fourth-order valence-electron chi connectivity index (χ4n) is 3.68. The number of piperidine rings is 1. The third kappa shape index (κ3) is 3.78. The number of likely N-dealkylation sites (tertiary alicyclic amines) is 1. The molecule has 6 nitrogen and oxygen atoms in total. The van der Waals surface area contributed by atoms with E-state index in [0.29, 0.717) is 11.4 Å². The first-order chi connectivity index (χ1) is 13.2. The summed E-state index contributed by atoms with van der Waals surface area (Å²) >= 11 is 0. The van der Waals surface area contributed by atoms with Gasteiger partial charge in [0.2, 0.25) is 0 Å². The number of nitrogens with one attached hydrogen (secondary N) is 2. The average Bonchev–Trinajstić information content (AvgIpc) is 3.11. The molecule has 3 aromatic rings. The second-order valence-electron chi connectivity index (χ2n) is 6.95. The molecule has 7 heteroatoms. The summed E-state index contributed by atoms with van der Waals surface area (Å²) in [4.78, 5) is 22.8. The molecule has 0 unspecified atom stereocenters. The number of carbonyl (C=O) groups is 1. The largest absolute Gasteiger partial charge is 0.497 e. The Bertz CT molecular complexity index is 980. The molecule has 1 aliphatic heterocycles. The maximum absolute atomic E-state index is 13.1. The van der Waals surface area contributed by atoms with Crippen molar-refractivity contribution in [3.05, 3.63) is 47.8 Å². The number of carbonyl (C=O) groups excluding carboxylic acids is 1. The zero-order chi connectivity index (χ0) is 18.8. The van der Waals surface area contributed by atoms with Crippen molar-refractivity contribution in [3.8, 4) is 5.75 Å². The van der Waals surface area contributed by atoms with Crippen LogP contribution in [0, 0.1) is 6.92 Å². The lowest BCUT2D eigenvalue weighted by molar-refractivity contribution is 0.0726. The Kier molecular flexibility index (Phi) is 6.09. The molecule has 1 aromatic carbocycles. The van der Waals surface area contributed by atoms with Crippen molar-refractivity contribution in [2.75, 3.05) is 25.5 Å². The molecule has 1 fully saturated rings. The molecule has 28 heavy (non-hydrogen) atoms. The van der Waals surface area contributed by atoms with Gasteiger partial charge in [-0.05, 0) is 43.9 Å². The highest BCUT2D eigenvalue weighted by atomic mass is 35.5. The van der Waals surface area contributed by atoms with Crippen LogP contribution in [0.2, 0.25) is 0 Å². The fourth-order valence-corrected chi connectivity index (χ4v) is 3.68. The van der Waals surface area contributed by atoms with Crippen LogP contribution >= 0.6 is 12.4 Å². The van der Waals surface area contributed by atoms with E-state index < -0.39 is 0 Å². The molecule has 0 atom stereocenters. The van der Waals surface area contributed by atoms with Crippen molar-refractivity contribution in [3.63, 3.8) is 0 Å². The van der Waals surface area contributed by atoms with E-state index in [1.165, 1.54) is 6.42 Å². The van der Waals surface area contributed by atoms with Crippen LogP contribution < -0.4 is 10.1 Å². The lowest BCUT2D eigenvalue weighted by Gasteiger charge is -2.27. The zero-order valence-corrected chi connectivity index (χ0v) is 16.9. The molecule has 0 aliphatic carbocycles. The van der Waals surface area contributed by atoms with Crippen molar-refractivity contribution in [1.82, 2.24) is 14.9 Å². The van der Waals surface area contributed by atoms with Gasteiger partial charge in [-0.3, -0.25) is 4.79 Å². The predicted molar refractivity (Wildman–Crippen MR) is 114 cm³/mol. The van der Waals surface area contributed by atoms with Crippen LogP contribution in [0.25, 0.3) is 10.9 Å². The van der Waals surface area contributed by atoms with E-state index in [1.54, 1.807) is 13.3 Å². The second-order valence-corrected chi connectivity index (χ2v) is 6.95. The maximum atomic E-state index is 13.1. The van der Waals surface area contributed by atoms with Crippen LogP contribution in [0.15, 0.2) is 36.7 Å². The molecule has 1 amide bonds. The Hall–Kier alpha value is -2.73. The summed E-state index contributed by atoms with van der Waals surface area (Å²) in [5, 5.41) is 4.27. The van der Waals surface area contributed by atoms with Crippen molar-refractivity contribution in [1.29, 1.82) is 0 Å². The normalized spacial score (nSPS) is 13.9. The molecule has 2 aromatic heterocycles. The molecule has 1 aliphatic rings. The first kappa shape index (κ1) is 20.0. The quantitative estimate of drug-likeness (QED) is 0.667. The number of aryl methyl sites for hydroxylation is 1. The number of ether oxygens (including phenoxy) is 1. The van der Waals surface area contributed by atoms with Gasteiger partial charge < -0.3 is 19.9 Å². The predicted octanol–water partition coefficient (Wildman–Crippen LogP) is 4.67. The molecular formula is C21H25ClN4O2. The minimum absolute atomic E-state index is 0. The van der Waals surface area contributed by atoms with Crippen molar-refractivity contribution in [2.24, 2.45) is 0 Å². The summed E-state index contributed by atoms with van der Waals surface area (Å²) in [6.07, 6.45) is 6.97. The number of aromatic amines is 1. The topological polar surface area (TPSA) is 70.2 Å². The third-order valence-electron chi connectivity index (χ3n) is 5.11. The number of anilines is 2. The van der Waals surface area contributed by atoms with Crippen molar-refractivity contribution >= 4 is 40.7 Å². The average molecular weight is 401 g/mol. The van der Waals surface area contributed by atoms with Crippen molar-refractivity contribution < 1.29 is 9.53 Å². The SMILES string of the molecule is COc1cccc(Nc2ncc(C(=O)N3CCCCC3)c3c(C)c[nH]c23)c1.Cl. The highest BCUT2D eigenvalue weighted by Crippen LogP contribution is 2.30. The molecular weight excluding hydrogens is 376 g/mol. The maximum Gasteiger partial charge on any atom is 0.256 e. The number of pyridine rings is 1. The van der Waals surface area contributed by atoms with Gasteiger partial charge in [0.05, 0.1) is 18.2 Å². The number of fused-ring (bicyclic) bond motifs is 1. The van der Waals surface area contributed by atoms with Gasteiger partial charge in [-0.1, -0.05) is 6.07 Å². The fraction of sp³-hybridized carbons (Fsp3) is 0.333. The summed E-state index contributed by atoms with van der Waals surface area (Å²) in [6, 6.07) is 7.69. The van der Waals surface area contributed by atoms with E-state index in [2.05, 4.69) is 15.3 Å². The number of H-pyrrole nitrogens is 1. The monoisotopic (exact) mass is 400 g/mol. The number of halogens is 1. The molecule has 0 bridgehead atoms. The van der Waals surface area contributed by atoms with Crippen LogP contribution in [0.5, 0.6) is 5.75 Å². The Morgan fingerprint density at radius 2 is 2.04 bits per heavy atom. The Labute approximate surface area is 170 Å². The van der Waals surface area contributed by atoms with E-state index >= 15 is 0 Å². The molecule has 1 saturated heterocycles. The Morgan fingerprint density at radius 3 is 2.79 bits per heavy atom. The minimum atomic E-state index is 0. The van der Waals surface area contributed by atoms with Crippen molar-refractivity contribution in [2.45, 2.75) is 26.2 Å². The molecule has 3 heterocycles. The number of aromatic nitrogens is 2. The lowest BCUT2D eigenvalue weighted by Crippen LogP contribution is -2.35. The van der Waals surface area contributed by atoms with Gasteiger partial charge in [-0.15, -0.1) is 12.4 Å². The van der Waals surface area contributed by atoms with Gasteiger partial charge in [0, 0.05) is 42.6 Å². The Balaban J connectivity index is 0.00000225. The van der Waals surface area contributed by atoms with E-state index in [4.69, 9.17) is 4.74 Å². The number of hydrogen-bond acceptors (Lipinski definition) is 4. The number of hydrogen-bond donors (Lipinski definition) is 2. The minimum Gasteiger partial charge on any atom is -0.497 e. The first-order valence-corrected chi connectivity index (χ1v) is 9.34. The van der Waals surface area contributed by atoms with Gasteiger partial charge in [0.15, 0.2) is 5.82 Å². The number of methoxy groups -OCH3 is 1. The molecule has 0 radical (unpaired) electrons. The molecule has 4 rings (SSSR count). The standard InChI is InChI=1S/C21H24N4O2.ClH/c1-14-12-22-19-18(14)17(21(26)25-9-4-3-5-10-25)13-23-20(19)24-15-7-6-8-16(11-15)27-2;/h6-8,11-13,22H,3-5,9-10H2,1-2H3,(H,23,24);1H. The van der Waals surface area contributed by atoms with Gasteiger partial charge >= 0.3 is 0 Å². The summed E-state index contributed by atoms with van der Waals surface area (Å²) in [6.45, 7) is 3.67. The van der Waals surface area contributed by atoms with Gasteiger partial charge in [0.25, 0.3) is 5.91 Å². The van der Waals surface area contributed by atoms with Gasteiger partial charge in [-0.25, -0.2) is 4.98 Å². The van der Waals surface area contributed by atoms with Crippen LogP contribution in [0.4, 0.5) is 11.5 Å². The Morgan fingerprint density at radius 1 is 1.25 bits per heavy atom. The highest BCUT2D eigenvalue weighted by molar-refractivity contribution is 6.10. The van der Waals surface area contributed by atoms with E-state index in [1.807, 2.05) is 42.3 Å². The summed E-state index contributed by atoms with van der Waals surface area (Å²) in [7, 11) is 1.64. The molecule has 0 spiro atoms. The van der Waals surface area contributed by atoms with Crippen LogP contribution in [0.1, 0.15) is 35.2 Å². The lowest BCUT2D eigenvalue weighted by atomic mass is 10.1. The molecule has 148 valence electrons. The zero-order valence-electron chi connectivity index (χ0n) is 16.1. The highest BCUT2D eigenvalue weighted by Gasteiger charge is 2.23. The third-order valence-corrected chi connectivity index (χ3v) is 5.11. The molecule has 2 N–H and O–H groups in total. The number of benzene rings is 1.